The number of unbranched alkanes of at least 4 members (excludes halogenated alkanes) is 2. The average Bonchev–Trinajstić information content (AvgIpc) is 2.76. The molecule has 1 nitrogen and oxygen atoms in total. The molecule has 0 aliphatic rings. The first-order chi connectivity index (χ1) is 13.8. The molecule has 0 amide bonds. The lowest BCUT2D eigenvalue weighted by molar-refractivity contribution is 0.678. The minimum Gasteiger partial charge on any atom is -0.372 e. The molecule has 0 saturated carbocycles. The standard InChI is InChI=1S/C26H32NS/c1-3-5-21-27(22-6-4-2)23-17-19-26(20-18-23)28(24-13-9-7-10-14-24)25-15-11-8-12-16-25/h7-20H,3-6,21-22H2,1-2H3/q+1. The Morgan fingerprint density at radius 1 is 0.571 bits per heavy atom. The van der Waals surface area contributed by atoms with Crippen molar-refractivity contribution in [3.8, 4) is 0 Å². The van der Waals surface area contributed by atoms with E-state index in [4.69, 9.17) is 0 Å². The molecule has 0 atom stereocenters. The van der Waals surface area contributed by atoms with Gasteiger partial charge in [-0.15, -0.1) is 0 Å². The fourth-order valence-corrected chi connectivity index (χ4v) is 5.47. The van der Waals surface area contributed by atoms with Crippen molar-refractivity contribution in [1.29, 1.82) is 0 Å². The van der Waals surface area contributed by atoms with Gasteiger partial charge in [0, 0.05) is 18.8 Å². The molecule has 0 radical (unpaired) electrons. The van der Waals surface area contributed by atoms with Crippen molar-refractivity contribution >= 4 is 16.6 Å². The molecule has 0 spiro atoms. The summed E-state index contributed by atoms with van der Waals surface area (Å²) in [5.74, 6) is 0. The number of hydrogen-bond donors (Lipinski definition) is 0. The van der Waals surface area contributed by atoms with Crippen LogP contribution in [0.15, 0.2) is 99.6 Å². The zero-order valence-corrected chi connectivity index (χ0v) is 18.0. The second-order valence-corrected chi connectivity index (χ2v) is 9.15. The second-order valence-electron chi connectivity index (χ2n) is 7.12. The molecule has 0 aromatic heterocycles. The lowest BCUT2D eigenvalue weighted by atomic mass is 10.2. The van der Waals surface area contributed by atoms with E-state index in [0.29, 0.717) is 0 Å². The van der Waals surface area contributed by atoms with Crippen molar-refractivity contribution < 1.29 is 0 Å². The van der Waals surface area contributed by atoms with Gasteiger partial charge in [0.2, 0.25) is 0 Å². The fourth-order valence-electron chi connectivity index (χ4n) is 3.38. The van der Waals surface area contributed by atoms with Crippen LogP contribution in [0.3, 0.4) is 0 Å². The van der Waals surface area contributed by atoms with E-state index >= 15 is 0 Å². The summed E-state index contributed by atoms with van der Waals surface area (Å²) in [5.41, 5.74) is 1.36. The van der Waals surface area contributed by atoms with Crippen molar-refractivity contribution in [2.45, 2.75) is 54.2 Å². The van der Waals surface area contributed by atoms with Gasteiger partial charge in [0.05, 0.1) is 10.9 Å². The minimum absolute atomic E-state index is 0.0653. The molecule has 146 valence electrons. The van der Waals surface area contributed by atoms with Crippen LogP contribution in [0.25, 0.3) is 0 Å². The molecular formula is C26H32NS+. The molecular weight excluding hydrogens is 358 g/mol. The van der Waals surface area contributed by atoms with Crippen LogP contribution >= 0.6 is 0 Å². The molecule has 0 fully saturated rings. The van der Waals surface area contributed by atoms with E-state index in [2.05, 4.69) is 104 Å². The largest absolute Gasteiger partial charge is 0.372 e. The summed E-state index contributed by atoms with van der Waals surface area (Å²) in [4.78, 5) is 6.68. The van der Waals surface area contributed by atoms with E-state index in [1.165, 1.54) is 46.1 Å². The van der Waals surface area contributed by atoms with E-state index < -0.39 is 0 Å². The Bertz CT molecular complexity index is 751. The summed E-state index contributed by atoms with van der Waals surface area (Å²) < 4.78 is 0. The molecule has 28 heavy (non-hydrogen) atoms. The van der Waals surface area contributed by atoms with Crippen LogP contribution in [-0.2, 0) is 10.9 Å². The zero-order chi connectivity index (χ0) is 19.6. The monoisotopic (exact) mass is 390 g/mol. The predicted octanol–water partition coefficient (Wildman–Crippen LogP) is 7.19. The molecule has 3 rings (SSSR count). The van der Waals surface area contributed by atoms with Gasteiger partial charge in [-0.2, -0.15) is 0 Å². The van der Waals surface area contributed by atoms with Crippen molar-refractivity contribution in [2.75, 3.05) is 18.0 Å². The molecule has 0 unspecified atom stereocenters. The molecule has 3 aromatic rings. The molecule has 0 aliphatic heterocycles. The lowest BCUT2D eigenvalue weighted by Gasteiger charge is -2.24. The van der Waals surface area contributed by atoms with E-state index in [-0.39, 0.29) is 10.9 Å². The van der Waals surface area contributed by atoms with Gasteiger partial charge < -0.3 is 4.90 Å². The van der Waals surface area contributed by atoms with Crippen LogP contribution < -0.4 is 4.90 Å². The number of nitrogens with zero attached hydrogens (tertiary/aromatic N) is 1. The maximum atomic E-state index is 2.56. The molecule has 3 aromatic carbocycles. The minimum atomic E-state index is -0.0653. The van der Waals surface area contributed by atoms with Gasteiger partial charge in [-0.25, -0.2) is 0 Å². The first-order valence-electron chi connectivity index (χ1n) is 10.5. The molecule has 0 N–H and O–H groups in total. The second kappa shape index (κ2) is 11.0. The van der Waals surface area contributed by atoms with Crippen LogP contribution in [0, 0.1) is 0 Å². The third-order valence-electron chi connectivity index (χ3n) is 4.96. The molecule has 0 saturated heterocycles. The summed E-state index contributed by atoms with van der Waals surface area (Å²) in [6.45, 7) is 6.84. The highest BCUT2D eigenvalue weighted by Crippen LogP contribution is 2.32. The van der Waals surface area contributed by atoms with Crippen LogP contribution in [0.1, 0.15) is 39.5 Å². The lowest BCUT2D eigenvalue weighted by Crippen LogP contribution is -2.25. The van der Waals surface area contributed by atoms with E-state index in [9.17, 15) is 0 Å². The molecule has 0 heterocycles. The molecule has 0 bridgehead atoms. The van der Waals surface area contributed by atoms with Crippen LogP contribution in [0.5, 0.6) is 0 Å². The quantitative estimate of drug-likeness (QED) is 0.331. The smallest absolute Gasteiger partial charge is 0.166 e. The van der Waals surface area contributed by atoms with Crippen LogP contribution in [0.4, 0.5) is 5.69 Å². The first kappa shape index (κ1) is 20.5. The Morgan fingerprint density at radius 3 is 1.43 bits per heavy atom. The Morgan fingerprint density at radius 2 is 1.00 bits per heavy atom. The van der Waals surface area contributed by atoms with Gasteiger partial charge in [0.25, 0.3) is 0 Å². The van der Waals surface area contributed by atoms with Gasteiger partial charge in [0.15, 0.2) is 14.7 Å². The highest BCUT2D eigenvalue weighted by Gasteiger charge is 2.28. The number of anilines is 1. The zero-order valence-electron chi connectivity index (χ0n) is 17.2. The Hall–Kier alpha value is -2.19. The average molecular weight is 391 g/mol. The maximum absolute atomic E-state index is 2.56. The highest BCUT2D eigenvalue weighted by atomic mass is 32.2. The van der Waals surface area contributed by atoms with Crippen molar-refractivity contribution in [1.82, 2.24) is 0 Å². The third-order valence-corrected chi connectivity index (χ3v) is 7.19. The summed E-state index contributed by atoms with van der Waals surface area (Å²) in [7, 11) is -0.0653. The van der Waals surface area contributed by atoms with Crippen molar-refractivity contribution in [3.63, 3.8) is 0 Å². The van der Waals surface area contributed by atoms with Crippen LogP contribution in [-0.4, -0.2) is 13.1 Å². The summed E-state index contributed by atoms with van der Waals surface area (Å²) in [6.07, 6.45) is 4.99. The van der Waals surface area contributed by atoms with Gasteiger partial charge in [0.1, 0.15) is 0 Å². The number of benzene rings is 3. The number of rotatable bonds is 10. The molecule has 0 aliphatic carbocycles. The van der Waals surface area contributed by atoms with Gasteiger partial charge in [-0.05, 0) is 61.4 Å². The van der Waals surface area contributed by atoms with Gasteiger partial charge >= 0.3 is 0 Å². The maximum Gasteiger partial charge on any atom is 0.166 e. The summed E-state index contributed by atoms with van der Waals surface area (Å²) in [5, 5.41) is 0. The van der Waals surface area contributed by atoms with Crippen molar-refractivity contribution in [2.24, 2.45) is 0 Å². The Balaban J connectivity index is 1.89. The first-order valence-corrected chi connectivity index (χ1v) is 11.8. The highest BCUT2D eigenvalue weighted by molar-refractivity contribution is 7.97. The summed E-state index contributed by atoms with van der Waals surface area (Å²) in [6, 6.07) is 31.1. The third kappa shape index (κ3) is 5.42. The topological polar surface area (TPSA) is 3.24 Å². The normalized spacial score (nSPS) is 11.0. The number of hydrogen-bond acceptors (Lipinski definition) is 1. The SMILES string of the molecule is CCCCN(CCCC)c1ccc([S+](c2ccccc2)c2ccccc2)cc1. The molecule has 2 heteroatoms. The van der Waals surface area contributed by atoms with Crippen LogP contribution in [0.2, 0.25) is 0 Å². The summed E-state index contributed by atoms with van der Waals surface area (Å²) >= 11 is 0. The van der Waals surface area contributed by atoms with E-state index in [1.54, 1.807) is 0 Å². The van der Waals surface area contributed by atoms with E-state index in [0.717, 1.165) is 13.1 Å². The van der Waals surface area contributed by atoms with E-state index in [1.807, 2.05) is 0 Å². The van der Waals surface area contributed by atoms with Gasteiger partial charge in [-0.1, -0.05) is 63.1 Å². The van der Waals surface area contributed by atoms with Gasteiger partial charge in [-0.3, -0.25) is 0 Å². The predicted molar refractivity (Wildman–Crippen MR) is 124 cm³/mol. The fraction of sp³-hybridized carbons (Fsp3) is 0.308. The van der Waals surface area contributed by atoms with Crippen molar-refractivity contribution in [3.05, 3.63) is 84.9 Å². The Kier molecular flexibility index (Phi) is 8.05. The Labute approximate surface area is 173 Å².